The van der Waals surface area contributed by atoms with Gasteiger partial charge >= 0.3 is 0 Å². The molecule has 1 amide bonds. The highest BCUT2D eigenvalue weighted by Gasteiger charge is 2.25. The van der Waals surface area contributed by atoms with Crippen LogP contribution in [0.5, 0.6) is 0 Å². The molecule has 0 saturated carbocycles. The van der Waals surface area contributed by atoms with E-state index in [-0.39, 0.29) is 5.91 Å². The first-order valence-corrected chi connectivity index (χ1v) is 8.75. The Morgan fingerprint density at radius 2 is 1.71 bits per heavy atom. The molecule has 0 aromatic rings. The molecule has 0 aromatic carbocycles. The van der Waals surface area contributed by atoms with Crippen LogP contribution < -0.4 is 11.3 Å². The highest BCUT2D eigenvalue weighted by molar-refractivity contribution is 5.74. The lowest BCUT2D eigenvalue weighted by Gasteiger charge is -2.40. The van der Waals surface area contributed by atoms with Crippen molar-refractivity contribution >= 4 is 5.91 Å². The molecule has 0 bridgehead atoms. The summed E-state index contributed by atoms with van der Waals surface area (Å²) in [7, 11) is 0. The van der Waals surface area contributed by atoms with Gasteiger partial charge in [0.2, 0.25) is 5.91 Å². The molecular formula is C16H32N4O. The van der Waals surface area contributed by atoms with Crippen LogP contribution in [0.15, 0.2) is 0 Å². The van der Waals surface area contributed by atoms with Crippen LogP contribution in [0.2, 0.25) is 0 Å². The molecule has 2 rings (SSSR count). The van der Waals surface area contributed by atoms with Crippen molar-refractivity contribution in [3.63, 3.8) is 0 Å². The summed E-state index contributed by atoms with van der Waals surface area (Å²) in [5.74, 6) is 5.02. The predicted octanol–water partition coefficient (Wildman–Crippen LogP) is 1.49. The zero-order chi connectivity index (χ0) is 14.9. The van der Waals surface area contributed by atoms with Gasteiger partial charge in [0.1, 0.15) is 0 Å². The lowest BCUT2D eigenvalue weighted by molar-refractivity contribution is -0.121. The van der Waals surface area contributed by atoms with E-state index in [0.717, 1.165) is 18.9 Å². The highest BCUT2D eigenvalue weighted by Crippen LogP contribution is 2.21. The van der Waals surface area contributed by atoms with E-state index in [2.05, 4.69) is 15.2 Å². The Balaban J connectivity index is 1.51. The molecule has 2 heterocycles. The summed E-state index contributed by atoms with van der Waals surface area (Å²) in [4.78, 5) is 16.3. The van der Waals surface area contributed by atoms with E-state index in [1.807, 2.05) is 0 Å². The Labute approximate surface area is 129 Å². The third-order valence-corrected chi connectivity index (χ3v) is 5.00. The zero-order valence-corrected chi connectivity index (χ0v) is 13.4. The maximum absolute atomic E-state index is 11.0. The van der Waals surface area contributed by atoms with Gasteiger partial charge in [-0.3, -0.25) is 10.2 Å². The van der Waals surface area contributed by atoms with E-state index in [0.29, 0.717) is 6.42 Å². The monoisotopic (exact) mass is 296 g/mol. The molecule has 21 heavy (non-hydrogen) atoms. The summed E-state index contributed by atoms with van der Waals surface area (Å²) >= 11 is 0. The van der Waals surface area contributed by atoms with Crippen molar-refractivity contribution < 1.29 is 4.79 Å². The van der Waals surface area contributed by atoms with E-state index in [1.54, 1.807) is 0 Å². The molecule has 0 spiro atoms. The molecule has 2 aliphatic heterocycles. The SMILES string of the molecule is NNC(=O)CCCCCN1CCC(N2CCCCC2)CC1. The number of unbranched alkanes of at least 4 members (excludes halogenated alkanes) is 2. The van der Waals surface area contributed by atoms with Gasteiger partial charge in [0.05, 0.1) is 0 Å². The first kappa shape index (κ1) is 16.7. The number of nitrogens with two attached hydrogens (primary N) is 1. The van der Waals surface area contributed by atoms with Crippen LogP contribution in [0.4, 0.5) is 0 Å². The van der Waals surface area contributed by atoms with Crippen molar-refractivity contribution in [2.75, 3.05) is 32.7 Å². The standard InChI is InChI=1S/C16H32N4O/c17-18-16(21)7-3-1-4-10-19-13-8-15(9-14-19)20-11-5-2-6-12-20/h15H,1-14,17H2,(H,18,21). The van der Waals surface area contributed by atoms with Crippen LogP contribution in [0.1, 0.15) is 57.8 Å². The van der Waals surface area contributed by atoms with Crippen LogP contribution in [-0.4, -0.2) is 54.5 Å². The lowest BCUT2D eigenvalue weighted by Crippen LogP contribution is -2.46. The van der Waals surface area contributed by atoms with Crippen molar-refractivity contribution in [3.8, 4) is 0 Å². The largest absolute Gasteiger partial charge is 0.303 e. The summed E-state index contributed by atoms with van der Waals surface area (Å²) in [6.45, 7) is 6.35. The van der Waals surface area contributed by atoms with Crippen molar-refractivity contribution in [2.24, 2.45) is 5.84 Å². The lowest BCUT2D eigenvalue weighted by atomic mass is 9.99. The molecule has 2 fully saturated rings. The fraction of sp³-hybridized carbons (Fsp3) is 0.938. The number of carbonyl (C=O) groups excluding carboxylic acids is 1. The summed E-state index contributed by atoms with van der Waals surface area (Å²) in [6.07, 6.45) is 10.8. The van der Waals surface area contributed by atoms with Crippen LogP contribution in [0, 0.1) is 0 Å². The average molecular weight is 296 g/mol. The second kappa shape index (κ2) is 9.38. The van der Waals surface area contributed by atoms with Gasteiger partial charge in [-0.1, -0.05) is 12.8 Å². The van der Waals surface area contributed by atoms with Gasteiger partial charge in [0.25, 0.3) is 0 Å². The normalized spacial score (nSPS) is 22.3. The number of hydrogen-bond acceptors (Lipinski definition) is 4. The molecule has 0 aliphatic carbocycles. The minimum absolute atomic E-state index is 0.0441. The number of carbonyl (C=O) groups is 1. The summed E-state index contributed by atoms with van der Waals surface area (Å²) in [5, 5.41) is 0. The predicted molar refractivity (Wildman–Crippen MR) is 85.7 cm³/mol. The van der Waals surface area contributed by atoms with Crippen LogP contribution in [0.3, 0.4) is 0 Å². The maximum Gasteiger partial charge on any atom is 0.233 e. The van der Waals surface area contributed by atoms with Crippen molar-refractivity contribution in [1.82, 2.24) is 15.2 Å². The fourth-order valence-corrected chi connectivity index (χ4v) is 3.66. The van der Waals surface area contributed by atoms with E-state index in [4.69, 9.17) is 5.84 Å². The molecule has 122 valence electrons. The smallest absolute Gasteiger partial charge is 0.233 e. The van der Waals surface area contributed by atoms with Crippen molar-refractivity contribution in [2.45, 2.75) is 63.8 Å². The fourth-order valence-electron chi connectivity index (χ4n) is 3.66. The highest BCUT2D eigenvalue weighted by atomic mass is 16.2. The molecule has 0 aromatic heterocycles. The molecule has 2 saturated heterocycles. The Hall–Kier alpha value is -0.650. The van der Waals surface area contributed by atoms with Gasteiger partial charge in [0, 0.05) is 12.5 Å². The van der Waals surface area contributed by atoms with Crippen molar-refractivity contribution in [1.29, 1.82) is 0 Å². The first-order valence-electron chi connectivity index (χ1n) is 8.75. The first-order chi connectivity index (χ1) is 10.3. The quantitative estimate of drug-likeness (QED) is 0.323. The summed E-state index contributed by atoms with van der Waals surface area (Å²) < 4.78 is 0. The summed E-state index contributed by atoms with van der Waals surface area (Å²) in [6, 6.07) is 0.842. The van der Waals surface area contributed by atoms with Gasteiger partial charge in [-0.25, -0.2) is 5.84 Å². The third-order valence-electron chi connectivity index (χ3n) is 5.00. The number of piperidine rings is 2. The van der Waals surface area contributed by atoms with Gasteiger partial charge in [-0.2, -0.15) is 0 Å². The Morgan fingerprint density at radius 3 is 2.38 bits per heavy atom. The number of hydrazine groups is 1. The molecule has 3 N–H and O–H groups in total. The minimum atomic E-state index is -0.0441. The van der Waals surface area contributed by atoms with Gasteiger partial charge < -0.3 is 9.80 Å². The average Bonchev–Trinajstić information content (AvgIpc) is 2.55. The number of nitrogens with one attached hydrogen (secondary N) is 1. The Morgan fingerprint density at radius 1 is 1.00 bits per heavy atom. The second-order valence-electron chi connectivity index (χ2n) is 6.55. The van der Waals surface area contributed by atoms with Gasteiger partial charge in [-0.15, -0.1) is 0 Å². The van der Waals surface area contributed by atoms with E-state index in [1.165, 1.54) is 71.2 Å². The second-order valence-corrected chi connectivity index (χ2v) is 6.55. The van der Waals surface area contributed by atoms with Gasteiger partial charge in [-0.05, 0) is 71.2 Å². The Bertz CT molecular complexity index is 297. The minimum Gasteiger partial charge on any atom is -0.303 e. The third kappa shape index (κ3) is 5.93. The summed E-state index contributed by atoms with van der Waals surface area (Å²) in [5.41, 5.74) is 2.19. The number of nitrogens with zero attached hydrogens (tertiary/aromatic N) is 2. The number of rotatable bonds is 7. The number of likely N-dealkylation sites (tertiary alicyclic amines) is 2. The molecule has 5 heteroatoms. The zero-order valence-electron chi connectivity index (χ0n) is 13.4. The number of amides is 1. The molecule has 0 radical (unpaired) electrons. The van der Waals surface area contributed by atoms with Crippen LogP contribution >= 0.6 is 0 Å². The van der Waals surface area contributed by atoms with Gasteiger partial charge in [0.15, 0.2) is 0 Å². The van der Waals surface area contributed by atoms with Crippen molar-refractivity contribution in [3.05, 3.63) is 0 Å². The van der Waals surface area contributed by atoms with E-state index < -0.39 is 0 Å². The van der Waals surface area contributed by atoms with Crippen LogP contribution in [0.25, 0.3) is 0 Å². The van der Waals surface area contributed by atoms with Crippen LogP contribution in [-0.2, 0) is 4.79 Å². The topological polar surface area (TPSA) is 61.6 Å². The van der Waals surface area contributed by atoms with E-state index >= 15 is 0 Å². The molecular weight excluding hydrogens is 264 g/mol. The van der Waals surface area contributed by atoms with E-state index in [9.17, 15) is 4.79 Å². The molecule has 0 unspecified atom stereocenters. The molecule has 2 aliphatic rings. The Kier molecular flexibility index (Phi) is 7.47. The maximum atomic E-state index is 11.0. The molecule has 0 atom stereocenters. The number of hydrogen-bond donors (Lipinski definition) is 2. The molecule has 5 nitrogen and oxygen atoms in total.